The van der Waals surface area contributed by atoms with Gasteiger partial charge >= 0.3 is 0 Å². The second-order valence-electron chi connectivity index (χ2n) is 5.46. The Morgan fingerprint density at radius 1 is 1.18 bits per heavy atom. The minimum Gasteiger partial charge on any atom is -0.387 e. The highest BCUT2D eigenvalue weighted by Gasteiger charge is 2.18. The van der Waals surface area contributed by atoms with Crippen LogP contribution < -0.4 is 9.86 Å². The van der Waals surface area contributed by atoms with Gasteiger partial charge in [-0.15, -0.1) is 0 Å². The molecule has 1 unspecified atom stereocenters. The molecule has 0 bridgehead atoms. The molecular formula is C15H27N3O3S. The normalized spacial score (nSPS) is 18.1. The van der Waals surface area contributed by atoms with Gasteiger partial charge in [-0.1, -0.05) is 38.5 Å². The summed E-state index contributed by atoms with van der Waals surface area (Å²) in [5.41, 5.74) is 0.887. The Morgan fingerprint density at radius 2 is 1.77 bits per heavy atom. The van der Waals surface area contributed by atoms with Gasteiger partial charge in [-0.25, -0.2) is 5.14 Å². The summed E-state index contributed by atoms with van der Waals surface area (Å²) < 4.78 is 24.6. The molecule has 22 heavy (non-hydrogen) atoms. The number of hydrogen-bond acceptors (Lipinski definition) is 4. The van der Waals surface area contributed by atoms with Gasteiger partial charge in [0, 0.05) is 12.1 Å². The van der Waals surface area contributed by atoms with E-state index >= 15 is 0 Å². The average Bonchev–Trinajstić information content (AvgIpc) is 2.66. The molecule has 1 aromatic carbocycles. The molecule has 1 saturated heterocycles. The molecule has 4 N–H and O–H groups in total. The molecule has 1 heterocycles. The summed E-state index contributed by atoms with van der Waals surface area (Å²) >= 11 is 0. The molecule has 0 aromatic heterocycles. The van der Waals surface area contributed by atoms with Crippen LogP contribution in [0.4, 0.5) is 5.69 Å². The number of nitrogens with two attached hydrogens (primary N) is 1. The van der Waals surface area contributed by atoms with E-state index in [1.54, 1.807) is 24.3 Å². The van der Waals surface area contributed by atoms with Crippen LogP contribution in [0.15, 0.2) is 24.3 Å². The lowest BCUT2D eigenvalue weighted by molar-refractivity contribution is 0.115. The first kappa shape index (κ1) is 18.9. The van der Waals surface area contributed by atoms with Crippen LogP contribution in [0.25, 0.3) is 0 Å². The van der Waals surface area contributed by atoms with E-state index in [9.17, 15) is 13.5 Å². The molecule has 2 rings (SSSR count). The Balaban J connectivity index is 0.00000242. The standard InChI is InChI=1S/C14H23N3O3S.CH4/c15-21(19,20)16-13-8-4-3-7-12(13)14(18)11-17-9-5-1-2-6-10-17;/h3-4,7-8,14,16,18H,1-2,5-6,9-11H2,(H2,15,19,20);1H4. The fourth-order valence-corrected chi connectivity index (χ4v) is 3.19. The summed E-state index contributed by atoms with van der Waals surface area (Å²) in [6.07, 6.45) is 4.01. The lowest BCUT2D eigenvalue weighted by Crippen LogP contribution is -2.30. The van der Waals surface area contributed by atoms with Crippen molar-refractivity contribution in [1.82, 2.24) is 4.90 Å². The Bertz CT molecular complexity index is 555. The first-order chi connectivity index (χ1) is 9.96. The molecule has 0 amide bonds. The topological polar surface area (TPSA) is 95.7 Å². The molecule has 1 aliphatic heterocycles. The third-order valence-electron chi connectivity index (χ3n) is 3.70. The largest absolute Gasteiger partial charge is 0.387 e. The van der Waals surface area contributed by atoms with Crippen LogP contribution in [0, 0.1) is 0 Å². The second kappa shape index (κ2) is 8.47. The molecule has 126 valence electrons. The molecule has 6 nitrogen and oxygen atoms in total. The third kappa shape index (κ3) is 5.92. The summed E-state index contributed by atoms with van der Waals surface area (Å²) in [5.74, 6) is 0. The van der Waals surface area contributed by atoms with Crippen LogP contribution in [-0.2, 0) is 10.2 Å². The molecular weight excluding hydrogens is 302 g/mol. The maximum atomic E-state index is 11.2. The smallest absolute Gasteiger partial charge is 0.296 e. The second-order valence-corrected chi connectivity index (χ2v) is 6.76. The van der Waals surface area contributed by atoms with E-state index in [0.29, 0.717) is 17.8 Å². The first-order valence-electron chi connectivity index (χ1n) is 7.25. The fraction of sp³-hybridized carbons (Fsp3) is 0.600. The van der Waals surface area contributed by atoms with Crippen molar-refractivity contribution in [2.24, 2.45) is 5.14 Å². The summed E-state index contributed by atoms with van der Waals surface area (Å²) in [4.78, 5) is 2.23. The number of aliphatic hydroxyl groups excluding tert-OH is 1. The zero-order valence-corrected chi connectivity index (χ0v) is 12.8. The van der Waals surface area contributed by atoms with Crippen LogP contribution in [0.2, 0.25) is 0 Å². The van der Waals surface area contributed by atoms with Gasteiger partial charge in [0.25, 0.3) is 10.2 Å². The summed E-state index contributed by atoms with van der Waals surface area (Å²) in [7, 11) is -3.85. The van der Waals surface area contributed by atoms with Gasteiger partial charge < -0.3 is 10.0 Å². The van der Waals surface area contributed by atoms with Gasteiger partial charge in [0.1, 0.15) is 0 Å². The Morgan fingerprint density at radius 3 is 2.36 bits per heavy atom. The highest BCUT2D eigenvalue weighted by atomic mass is 32.2. The number of rotatable bonds is 5. The zero-order valence-electron chi connectivity index (χ0n) is 12.0. The number of nitrogens with zero attached hydrogens (tertiary/aromatic N) is 1. The van der Waals surface area contributed by atoms with Gasteiger partial charge in [-0.3, -0.25) is 4.72 Å². The van der Waals surface area contributed by atoms with Crippen LogP contribution in [0.1, 0.15) is 44.8 Å². The van der Waals surface area contributed by atoms with Crippen molar-refractivity contribution in [3.05, 3.63) is 29.8 Å². The lowest BCUT2D eigenvalue weighted by Gasteiger charge is -2.24. The van der Waals surface area contributed by atoms with Crippen LogP contribution in [-0.4, -0.2) is 38.1 Å². The van der Waals surface area contributed by atoms with Gasteiger partial charge in [0.15, 0.2) is 0 Å². The van der Waals surface area contributed by atoms with Crippen molar-refractivity contribution in [1.29, 1.82) is 0 Å². The van der Waals surface area contributed by atoms with Crippen LogP contribution in [0.5, 0.6) is 0 Å². The van der Waals surface area contributed by atoms with E-state index in [2.05, 4.69) is 9.62 Å². The Hall–Kier alpha value is -1.15. The van der Waals surface area contributed by atoms with Crippen LogP contribution >= 0.6 is 0 Å². The SMILES string of the molecule is C.NS(=O)(=O)Nc1ccccc1C(O)CN1CCCCCC1. The minimum absolute atomic E-state index is 0. The number of anilines is 1. The number of aliphatic hydroxyl groups is 1. The summed E-state index contributed by atoms with van der Waals surface area (Å²) in [5, 5.41) is 15.4. The number of likely N-dealkylation sites (tertiary alicyclic amines) is 1. The van der Waals surface area contributed by atoms with Gasteiger partial charge in [-0.05, 0) is 32.0 Å². The minimum atomic E-state index is -3.85. The zero-order chi connectivity index (χ0) is 15.3. The monoisotopic (exact) mass is 329 g/mol. The van der Waals surface area contributed by atoms with Crippen molar-refractivity contribution in [3.63, 3.8) is 0 Å². The summed E-state index contributed by atoms with van der Waals surface area (Å²) in [6, 6.07) is 6.80. The number of β-amino-alcohol motifs (C(OH)–C–C–N with tert-alkyl or cyclic N) is 1. The van der Waals surface area contributed by atoms with Gasteiger partial charge in [0.2, 0.25) is 0 Å². The van der Waals surface area contributed by atoms with Crippen molar-refractivity contribution in [3.8, 4) is 0 Å². The highest BCUT2D eigenvalue weighted by Crippen LogP contribution is 2.25. The van der Waals surface area contributed by atoms with Crippen molar-refractivity contribution in [2.75, 3.05) is 24.4 Å². The summed E-state index contributed by atoms with van der Waals surface area (Å²) in [6.45, 7) is 2.45. The predicted octanol–water partition coefficient (Wildman–Crippen LogP) is 1.85. The third-order valence-corrected chi connectivity index (χ3v) is 4.21. The molecule has 7 heteroatoms. The average molecular weight is 329 g/mol. The van der Waals surface area contributed by atoms with Crippen LogP contribution in [0.3, 0.4) is 0 Å². The van der Waals surface area contributed by atoms with E-state index in [4.69, 9.17) is 5.14 Å². The van der Waals surface area contributed by atoms with E-state index in [-0.39, 0.29) is 7.43 Å². The molecule has 0 radical (unpaired) electrons. The maximum absolute atomic E-state index is 11.2. The van der Waals surface area contributed by atoms with E-state index < -0.39 is 16.3 Å². The molecule has 1 fully saturated rings. The van der Waals surface area contributed by atoms with Crippen molar-refractivity contribution < 1.29 is 13.5 Å². The molecule has 0 spiro atoms. The van der Waals surface area contributed by atoms with E-state index in [0.717, 1.165) is 25.9 Å². The first-order valence-corrected chi connectivity index (χ1v) is 8.80. The van der Waals surface area contributed by atoms with Gasteiger partial charge in [-0.2, -0.15) is 8.42 Å². The molecule has 1 aromatic rings. The number of nitrogens with one attached hydrogen (secondary N) is 1. The van der Waals surface area contributed by atoms with E-state index in [1.165, 1.54) is 12.8 Å². The number of benzene rings is 1. The fourth-order valence-electron chi connectivity index (χ4n) is 2.70. The molecule has 1 atom stereocenters. The van der Waals surface area contributed by atoms with Crippen molar-refractivity contribution >= 4 is 15.9 Å². The van der Waals surface area contributed by atoms with Gasteiger partial charge in [0.05, 0.1) is 11.8 Å². The van der Waals surface area contributed by atoms with E-state index in [1.807, 2.05) is 0 Å². The Labute approximate surface area is 133 Å². The predicted molar refractivity (Wildman–Crippen MR) is 89.8 cm³/mol. The maximum Gasteiger partial charge on any atom is 0.296 e. The Kier molecular flexibility index (Phi) is 7.28. The number of para-hydroxylation sites is 1. The lowest BCUT2D eigenvalue weighted by atomic mass is 10.1. The quantitative estimate of drug-likeness (QED) is 0.768. The highest BCUT2D eigenvalue weighted by molar-refractivity contribution is 7.90. The molecule has 0 saturated carbocycles. The van der Waals surface area contributed by atoms with Crippen molar-refractivity contribution in [2.45, 2.75) is 39.2 Å². The number of hydrogen-bond donors (Lipinski definition) is 3. The molecule has 0 aliphatic carbocycles. The molecule has 1 aliphatic rings.